The van der Waals surface area contributed by atoms with Gasteiger partial charge >= 0.3 is 5.97 Å². The summed E-state index contributed by atoms with van der Waals surface area (Å²) < 4.78 is 34.3. The molecule has 0 aliphatic heterocycles. The molecule has 2 rings (SSSR count). The van der Waals surface area contributed by atoms with E-state index >= 15 is 0 Å². The molecule has 2 aromatic carbocycles. The van der Waals surface area contributed by atoms with E-state index in [2.05, 4.69) is 0 Å². The van der Waals surface area contributed by atoms with E-state index in [1.54, 1.807) is 0 Å². The molecule has 8 heteroatoms. The number of carbonyl (C=O) groups excluding carboxylic acids is 2. The molecule has 150 valence electrons. The van der Waals surface area contributed by atoms with E-state index in [4.69, 9.17) is 30.5 Å². The van der Waals surface area contributed by atoms with Crippen molar-refractivity contribution in [2.24, 2.45) is 0 Å². The summed E-state index contributed by atoms with van der Waals surface area (Å²) in [6.45, 7) is 3.09. The van der Waals surface area contributed by atoms with Crippen molar-refractivity contribution in [3.8, 4) is 17.2 Å². The normalized spacial score (nSPS) is 10.5. The Labute approximate surface area is 167 Å². The molecule has 0 aliphatic carbocycles. The topological polar surface area (TPSA) is 71.1 Å². The number of carbonyl (C=O) groups is 2. The predicted octanol–water partition coefficient (Wildman–Crippen LogP) is 4.32. The summed E-state index contributed by atoms with van der Waals surface area (Å²) in [6, 6.07) is 6.50. The van der Waals surface area contributed by atoms with Gasteiger partial charge in [0.15, 0.2) is 35.5 Å². The van der Waals surface area contributed by atoms with Crippen molar-refractivity contribution >= 4 is 23.4 Å². The Morgan fingerprint density at radius 2 is 1.71 bits per heavy atom. The van der Waals surface area contributed by atoms with Gasteiger partial charge in [-0.2, -0.15) is 0 Å². The van der Waals surface area contributed by atoms with Crippen LogP contribution < -0.4 is 14.2 Å². The van der Waals surface area contributed by atoms with Gasteiger partial charge in [0.2, 0.25) is 0 Å². The smallest absolute Gasteiger partial charge is 0.338 e. The van der Waals surface area contributed by atoms with Gasteiger partial charge in [-0.15, -0.1) is 0 Å². The highest BCUT2D eigenvalue weighted by Gasteiger charge is 2.19. The molecule has 0 saturated carbocycles. The Balaban J connectivity index is 2.11. The van der Waals surface area contributed by atoms with Gasteiger partial charge in [0.25, 0.3) is 0 Å². The minimum absolute atomic E-state index is 0.0130. The molecule has 0 unspecified atom stereocenters. The van der Waals surface area contributed by atoms with Crippen LogP contribution in [0.1, 0.15) is 34.6 Å². The third kappa shape index (κ3) is 5.13. The number of benzene rings is 2. The molecule has 0 fully saturated rings. The van der Waals surface area contributed by atoms with Crippen LogP contribution in [0.25, 0.3) is 0 Å². The summed E-state index contributed by atoms with van der Waals surface area (Å²) in [4.78, 5) is 24.4. The standard InChI is InChI=1S/C20H20ClFO6/c1-11(2)28-19-14(21)7-13(9-18(19)26-4)20(24)27-10-16(23)12-5-6-17(25-3)15(22)8-12/h5-9,11H,10H2,1-4H3. The summed E-state index contributed by atoms with van der Waals surface area (Å²) >= 11 is 6.17. The van der Waals surface area contributed by atoms with Crippen LogP contribution in [0.5, 0.6) is 17.2 Å². The van der Waals surface area contributed by atoms with Gasteiger partial charge in [-0.1, -0.05) is 11.6 Å². The first-order valence-corrected chi connectivity index (χ1v) is 8.72. The molecule has 0 aromatic heterocycles. The monoisotopic (exact) mass is 410 g/mol. The average molecular weight is 411 g/mol. The second-order valence-corrected chi connectivity index (χ2v) is 6.41. The van der Waals surface area contributed by atoms with Crippen LogP contribution in [0.15, 0.2) is 30.3 Å². The SMILES string of the molecule is COc1ccc(C(=O)COC(=O)c2cc(Cl)c(OC(C)C)c(OC)c2)cc1F. The molecule has 0 spiro atoms. The number of ketones is 1. The van der Waals surface area contributed by atoms with Crippen LogP contribution in [-0.4, -0.2) is 38.7 Å². The quantitative estimate of drug-likeness (QED) is 0.476. The lowest BCUT2D eigenvalue weighted by molar-refractivity contribution is 0.0474. The van der Waals surface area contributed by atoms with Crippen molar-refractivity contribution in [1.82, 2.24) is 0 Å². The lowest BCUT2D eigenvalue weighted by Gasteiger charge is -2.16. The zero-order valence-corrected chi connectivity index (χ0v) is 16.6. The Bertz CT molecular complexity index is 881. The second-order valence-electron chi connectivity index (χ2n) is 6.00. The zero-order valence-electron chi connectivity index (χ0n) is 15.9. The van der Waals surface area contributed by atoms with E-state index < -0.39 is 24.2 Å². The van der Waals surface area contributed by atoms with Gasteiger partial charge in [-0.3, -0.25) is 4.79 Å². The van der Waals surface area contributed by atoms with Crippen molar-refractivity contribution < 1.29 is 32.9 Å². The van der Waals surface area contributed by atoms with Crippen LogP contribution in [-0.2, 0) is 4.74 Å². The van der Waals surface area contributed by atoms with Crippen LogP contribution in [0.2, 0.25) is 5.02 Å². The fourth-order valence-corrected chi connectivity index (χ4v) is 2.58. The predicted molar refractivity (Wildman–Crippen MR) is 101 cm³/mol. The summed E-state index contributed by atoms with van der Waals surface area (Å²) in [6.07, 6.45) is -0.147. The fourth-order valence-electron chi connectivity index (χ4n) is 2.33. The average Bonchev–Trinajstić information content (AvgIpc) is 2.66. The van der Waals surface area contributed by atoms with Gasteiger partial charge in [0.05, 0.1) is 30.9 Å². The minimum Gasteiger partial charge on any atom is -0.494 e. The summed E-state index contributed by atoms with van der Waals surface area (Å²) in [5.74, 6) is -1.44. The molecule has 2 aromatic rings. The number of ether oxygens (including phenoxy) is 4. The summed E-state index contributed by atoms with van der Waals surface area (Å²) in [5, 5.41) is 0.170. The molecule has 0 heterocycles. The molecule has 0 atom stereocenters. The Morgan fingerprint density at radius 3 is 2.29 bits per heavy atom. The first kappa shape index (κ1) is 21.5. The lowest BCUT2D eigenvalue weighted by Crippen LogP contribution is -2.15. The number of halogens is 2. The maximum absolute atomic E-state index is 13.7. The van der Waals surface area contributed by atoms with Crippen molar-refractivity contribution in [3.05, 3.63) is 52.3 Å². The number of esters is 1. The van der Waals surface area contributed by atoms with Gasteiger partial charge in [-0.25, -0.2) is 9.18 Å². The van der Waals surface area contributed by atoms with E-state index in [0.717, 1.165) is 6.07 Å². The molecule has 0 N–H and O–H groups in total. The van der Waals surface area contributed by atoms with Gasteiger partial charge < -0.3 is 18.9 Å². The van der Waals surface area contributed by atoms with Gasteiger partial charge in [0, 0.05) is 5.56 Å². The number of methoxy groups -OCH3 is 2. The van der Waals surface area contributed by atoms with Crippen molar-refractivity contribution in [3.63, 3.8) is 0 Å². The van der Waals surface area contributed by atoms with Crippen molar-refractivity contribution in [2.75, 3.05) is 20.8 Å². The highest BCUT2D eigenvalue weighted by Crippen LogP contribution is 2.37. The van der Waals surface area contributed by atoms with Crippen LogP contribution in [0, 0.1) is 5.82 Å². The van der Waals surface area contributed by atoms with E-state index in [1.165, 1.54) is 38.5 Å². The Kier molecular flexibility index (Phi) is 7.23. The molecule has 6 nitrogen and oxygen atoms in total. The molecular weight excluding hydrogens is 391 g/mol. The van der Waals surface area contributed by atoms with E-state index in [9.17, 15) is 14.0 Å². The largest absolute Gasteiger partial charge is 0.494 e. The summed E-state index contributed by atoms with van der Waals surface area (Å²) in [7, 11) is 2.73. The molecule has 0 aliphatic rings. The maximum atomic E-state index is 13.7. The third-order valence-electron chi connectivity index (χ3n) is 3.63. The Hall–Kier alpha value is -2.80. The third-order valence-corrected chi connectivity index (χ3v) is 3.91. The number of rotatable bonds is 8. The van der Waals surface area contributed by atoms with E-state index in [1.807, 2.05) is 13.8 Å². The van der Waals surface area contributed by atoms with Gasteiger partial charge in [-0.05, 0) is 44.2 Å². The zero-order chi connectivity index (χ0) is 20.8. The van der Waals surface area contributed by atoms with E-state index in [-0.39, 0.29) is 33.8 Å². The number of hydrogen-bond acceptors (Lipinski definition) is 6. The van der Waals surface area contributed by atoms with Crippen LogP contribution >= 0.6 is 11.6 Å². The fraction of sp³-hybridized carbons (Fsp3) is 0.300. The first-order chi connectivity index (χ1) is 13.3. The van der Waals surface area contributed by atoms with Gasteiger partial charge in [0.1, 0.15) is 0 Å². The number of Topliss-reactive ketones (excluding diaryl/α,β-unsaturated/α-hetero) is 1. The molecule has 0 saturated heterocycles. The van der Waals surface area contributed by atoms with Crippen LogP contribution in [0.3, 0.4) is 0 Å². The highest BCUT2D eigenvalue weighted by molar-refractivity contribution is 6.32. The lowest BCUT2D eigenvalue weighted by atomic mass is 10.1. The molecule has 0 bridgehead atoms. The van der Waals surface area contributed by atoms with Crippen molar-refractivity contribution in [2.45, 2.75) is 20.0 Å². The summed E-state index contributed by atoms with van der Waals surface area (Å²) in [5.41, 5.74) is 0.147. The Morgan fingerprint density at radius 1 is 1.04 bits per heavy atom. The number of hydrogen-bond donors (Lipinski definition) is 0. The van der Waals surface area contributed by atoms with Crippen molar-refractivity contribution in [1.29, 1.82) is 0 Å². The second kappa shape index (κ2) is 9.41. The first-order valence-electron chi connectivity index (χ1n) is 8.34. The molecule has 0 amide bonds. The minimum atomic E-state index is -0.779. The van der Waals surface area contributed by atoms with E-state index in [0.29, 0.717) is 5.75 Å². The molecule has 28 heavy (non-hydrogen) atoms. The maximum Gasteiger partial charge on any atom is 0.338 e. The molecule has 0 radical (unpaired) electrons. The van der Waals surface area contributed by atoms with Crippen LogP contribution in [0.4, 0.5) is 4.39 Å². The highest BCUT2D eigenvalue weighted by atomic mass is 35.5. The molecular formula is C20H20ClFO6.